The number of carboxylic acids is 1. The van der Waals surface area contributed by atoms with E-state index in [4.69, 9.17) is 15.1 Å². The zero-order valence-corrected chi connectivity index (χ0v) is 11.2. The molecule has 1 rings (SSSR count). The van der Waals surface area contributed by atoms with Crippen molar-refractivity contribution in [1.29, 1.82) is 5.26 Å². The minimum atomic E-state index is -1.04. The first-order valence-electron chi connectivity index (χ1n) is 6.08. The molecule has 0 heterocycles. The van der Waals surface area contributed by atoms with Crippen LogP contribution in [0.3, 0.4) is 0 Å². The Labute approximate surface area is 117 Å². The standard InChI is InChI=1S/C14H16N2O4/c1-20-10-9-16(8-2-7-15)13(17)11-3-5-12(6-4-11)14(18)19/h3-6H,2,8-10H2,1H3,(H,18,19). The number of methoxy groups -OCH3 is 1. The Kier molecular flexibility index (Phi) is 6.20. The van der Waals surface area contributed by atoms with Gasteiger partial charge < -0.3 is 14.7 Å². The third kappa shape index (κ3) is 4.37. The summed E-state index contributed by atoms with van der Waals surface area (Å²) in [6.07, 6.45) is 0.239. The van der Waals surface area contributed by atoms with Crippen molar-refractivity contribution in [2.45, 2.75) is 6.42 Å². The fourth-order valence-corrected chi connectivity index (χ4v) is 1.64. The van der Waals surface area contributed by atoms with E-state index < -0.39 is 5.97 Å². The number of carbonyl (C=O) groups excluding carboxylic acids is 1. The van der Waals surface area contributed by atoms with Gasteiger partial charge in [-0.15, -0.1) is 0 Å². The van der Waals surface area contributed by atoms with Crippen molar-refractivity contribution >= 4 is 11.9 Å². The molecule has 1 aromatic rings. The van der Waals surface area contributed by atoms with E-state index in [0.717, 1.165) is 0 Å². The van der Waals surface area contributed by atoms with Gasteiger partial charge in [0.2, 0.25) is 0 Å². The molecule has 0 atom stereocenters. The van der Waals surface area contributed by atoms with E-state index >= 15 is 0 Å². The van der Waals surface area contributed by atoms with Gasteiger partial charge >= 0.3 is 5.97 Å². The van der Waals surface area contributed by atoms with Gasteiger partial charge in [-0.25, -0.2) is 4.79 Å². The number of carboxylic acid groups (broad SMARTS) is 1. The van der Waals surface area contributed by atoms with Crippen LogP contribution in [-0.4, -0.2) is 48.7 Å². The number of carbonyl (C=O) groups is 2. The van der Waals surface area contributed by atoms with Gasteiger partial charge in [0, 0.05) is 25.8 Å². The molecule has 0 unspecified atom stereocenters. The molecule has 106 valence electrons. The summed E-state index contributed by atoms with van der Waals surface area (Å²) in [5, 5.41) is 17.4. The minimum absolute atomic E-state index is 0.127. The monoisotopic (exact) mass is 276 g/mol. The second kappa shape index (κ2) is 7.92. The van der Waals surface area contributed by atoms with Crippen LogP contribution < -0.4 is 0 Å². The highest BCUT2D eigenvalue weighted by Gasteiger charge is 2.15. The van der Waals surface area contributed by atoms with Gasteiger partial charge in [-0.2, -0.15) is 5.26 Å². The van der Waals surface area contributed by atoms with Crippen molar-refractivity contribution < 1.29 is 19.4 Å². The minimum Gasteiger partial charge on any atom is -0.478 e. The normalized spacial score (nSPS) is 9.80. The molecule has 1 aromatic carbocycles. The van der Waals surface area contributed by atoms with Gasteiger partial charge in [-0.1, -0.05) is 0 Å². The molecule has 0 aliphatic heterocycles. The highest BCUT2D eigenvalue weighted by Crippen LogP contribution is 2.08. The predicted octanol–water partition coefficient (Wildman–Crippen LogP) is 1.39. The summed E-state index contributed by atoms with van der Waals surface area (Å²) < 4.78 is 4.93. The van der Waals surface area contributed by atoms with Gasteiger partial charge in [0.15, 0.2) is 0 Å². The number of ether oxygens (including phenoxy) is 1. The smallest absolute Gasteiger partial charge is 0.335 e. The van der Waals surface area contributed by atoms with Crippen LogP contribution in [-0.2, 0) is 4.74 Å². The maximum Gasteiger partial charge on any atom is 0.335 e. The van der Waals surface area contributed by atoms with Gasteiger partial charge in [-0.05, 0) is 24.3 Å². The lowest BCUT2D eigenvalue weighted by Gasteiger charge is -2.21. The largest absolute Gasteiger partial charge is 0.478 e. The van der Waals surface area contributed by atoms with Crippen molar-refractivity contribution in [3.8, 4) is 6.07 Å². The molecule has 1 N–H and O–H groups in total. The average molecular weight is 276 g/mol. The summed E-state index contributed by atoms with van der Waals surface area (Å²) in [6.45, 7) is 1.08. The lowest BCUT2D eigenvalue weighted by Crippen LogP contribution is -2.34. The molecule has 0 aliphatic carbocycles. The van der Waals surface area contributed by atoms with Crippen LogP contribution in [0.15, 0.2) is 24.3 Å². The summed E-state index contributed by atoms with van der Waals surface area (Å²) >= 11 is 0. The molecule has 0 radical (unpaired) electrons. The molecule has 20 heavy (non-hydrogen) atoms. The van der Waals surface area contributed by atoms with Crippen LogP contribution in [0.5, 0.6) is 0 Å². The second-order valence-corrected chi connectivity index (χ2v) is 4.08. The van der Waals surface area contributed by atoms with Crippen LogP contribution in [0.4, 0.5) is 0 Å². The van der Waals surface area contributed by atoms with E-state index in [2.05, 4.69) is 0 Å². The molecule has 0 saturated carbocycles. The lowest BCUT2D eigenvalue weighted by atomic mass is 10.1. The highest BCUT2D eigenvalue weighted by atomic mass is 16.5. The van der Waals surface area contributed by atoms with E-state index in [9.17, 15) is 9.59 Å². The summed E-state index contributed by atoms with van der Waals surface area (Å²) in [7, 11) is 1.54. The van der Waals surface area contributed by atoms with Crippen molar-refractivity contribution in [1.82, 2.24) is 4.90 Å². The number of amides is 1. The summed E-state index contributed by atoms with van der Waals surface area (Å²) in [6, 6.07) is 7.70. The van der Waals surface area contributed by atoms with E-state index in [1.54, 1.807) is 0 Å². The number of aromatic carboxylic acids is 1. The predicted molar refractivity (Wildman–Crippen MR) is 71.4 cm³/mol. The molecule has 0 saturated heterocycles. The van der Waals surface area contributed by atoms with Gasteiger partial charge in [0.25, 0.3) is 5.91 Å². The summed E-state index contributed by atoms with van der Waals surface area (Å²) in [5.74, 6) is -1.28. The number of nitrogens with zero attached hydrogens (tertiary/aromatic N) is 2. The molecular formula is C14H16N2O4. The summed E-state index contributed by atoms with van der Waals surface area (Å²) in [5.41, 5.74) is 0.519. The number of rotatable bonds is 7. The Morgan fingerprint density at radius 3 is 2.35 bits per heavy atom. The Bertz CT molecular complexity index is 505. The number of hydrogen-bond acceptors (Lipinski definition) is 4. The maximum atomic E-state index is 12.3. The molecule has 0 fully saturated rings. The quantitative estimate of drug-likeness (QED) is 0.812. The lowest BCUT2D eigenvalue weighted by molar-refractivity contribution is 0.0685. The van der Waals surface area contributed by atoms with Gasteiger partial charge in [0.05, 0.1) is 24.7 Å². The van der Waals surface area contributed by atoms with E-state index in [1.165, 1.54) is 36.3 Å². The average Bonchev–Trinajstić information content (AvgIpc) is 2.47. The van der Waals surface area contributed by atoms with Crippen molar-refractivity contribution in [3.05, 3.63) is 35.4 Å². The molecule has 0 bridgehead atoms. The Morgan fingerprint density at radius 2 is 1.85 bits per heavy atom. The van der Waals surface area contributed by atoms with Crippen molar-refractivity contribution in [2.75, 3.05) is 26.8 Å². The zero-order chi connectivity index (χ0) is 15.0. The molecule has 0 aromatic heterocycles. The third-order valence-corrected chi connectivity index (χ3v) is 2.72. The van der Waals surface area contributed by atoms with Crippen LogP contribution in [0.1, 0.15) is 27.1 Å². The van der Waals surface area contributed by atoms with Crippen molar-refractivity contribution in [2.24, 2.45) is 0 Å². The first-order chi connectivity index (χ1) is 9.60. The van der Waals surface area contributed by atoms with E-state index in [-0.39, 0.29) is 17.9 Å². The Morgan fingerprint density at radius 1 is 1.25 bits per heavy atom. The van der Waals surface area contributed by atoms with E-state index in [0.29, 0.717) is 25.3 Å². The third-order valence-electron chi connectivity index (χ3n) is 2.72. The fraction of sp³-hybridized carbons (Fsp3) is 0.357. The van der Waals surface area contributed by atoms with Gasteiger partial charge in [-0.3, -0.25) is 4.79 Å². The fourth-order valence-electron chi connectivity index (χ4n) is 1.64. The molecule has 6 nitrogen and oxygen atoms in total. The van der Waals surface area contributed by atoms with Crippen LogP contribution >= 0.6 is 0 Å². The first-order valence-corrected chi connectivity index (χ1v) is 6.08. The number of nitriles is 1. The summed E-state index contributed by atoms with van der Waals surface area (Å²) in [4.78, 5) is 24.5. The molecule has 0 spiro atoms. The number of benzene rings is 1. The second-order valence-electron chi connectivity index (χ2n) is 4.08. The van der Waals surface area contributed by atoms with Crippen LogP contribution in [0.2, 0.25) is 0 Å². The Balaban J connectivity index is 2.82. The van der Waals surface area contributed by atoms with Gasteiger partial charge in [0.1, 0.15) is 0 Å². The molecule has 6 heteroatoms. The molecular weight excluding hydrogens is 260 g/mol. The van der Waals surface area contributed by atoms with Crippen LogP contribution in [0, 0.1) is 11.3 Å². The topological polar surface area (TPSA) is 90.6 Å². The van der Waals surface area contributed by atoms with Crippen molar-refractivity contribution in [3.63, 3.8) is 0 Å². The highest BCUT2D eigenvalue weighted by molar-refractivity contribution is 5.95. The molecule has 0 aliphatic rings. The van der Waals surface area contributed by atoms with E-state index in [1.807, 2.05) is 6.07 Å². The SMILES string of the molecule is COCCN(CCC#N)C(=O)c1ccc(C(=O)O)cc1. The zero-order valence-electron chi connectivity index (χ0n) is 11.2. The van der Waals surface area contributed by atoms with Crippen LogP contribution in [0.25, 0.3) is 0 Å². The maximum absolute atomic E-state index is 12.3. The molecule has 1 amide bonds. The number of hydrogen-bond donors (Lipinski definition) is 1. The Hall–Kier alpha value is -2.39. The first kappa shape index (κ1) is 15.7.